The molecule has 5 nitrogen and oxygen atoms in total. The summed E-state index contributed by atoms with van der Waals surface area (Å²) < 4.78 is 1.69. The summed E-state index contributed by atoms with van der Waals surface area (Å²) in [6.45, 7) is 0. The number of carbonyl (C=O) groups excluding carboxylic acids is 1. The molecule has 0 aliphatic carbocycles. The Kier molecular flexibility index (Phi) is 4.34. The molecule has 1 aromatic heterocycles. The van der Waals surface area contributed by atoms with E-state index in [1.165, 1.54) is 11.8 Å². The van der Waals surface area contributed by atoms with Crippen molar-refractivity contribution in [3.63, 3.8) is 0 Å². The van der Waals surface area contributed by atoms with E-state index in [1.807, 2.05) is 13.2 Å². The van der Waals surface area contributed by atoms with Crippen molar-refractivity contribution in [2.24, 2.45) is 7.05 Å². The Bertz CT molecular complexity index is 599. The molecule has 0 radical (unpaired) electrons. The maximum atomic E-state index is 11.8. The lowest BCUT2D eigenvalue weighted by molar-refractivity contribution is -0.113. The highest BCUT2D eigenvalue weighted by atomic mass is 35.5. The van der Waals surface area contributed by atoms with E-state index in [-0.39, 0.29) is 11.7 Å². The van der Waals surface area contributed by atoms with Crippen molar-refractivity contribution in [1.82, 2.24) is 9.78 Å². The van der Waals surface area contributed by atoms with Crippen LogP contribution in [0.1, 0.15) is 0 Å². The van der Waals surface area contributed by atoms with E-state index in [1.54, 1.807) is 29.1 Å². The minimum absolute atomic E-state index is 0.136. The Morgan fingerprint density at radius 3 is 3.05 bits per heavy atom. The third-order valence-corrected chi connectivity index (χ3v) is 3.53. The topological polar surface area (TPSA) is 72.9 Å². The molecule has 7 heteroatoms. The maximum Gasteiger partial charge on any atom is 0.234 e. The van der Waals surface area contributed by atoms with Crippen LogP contribution in [-0.2, 0) is 11.8 Å². The quantitative estimate of drug-likeness (QED) is 0.671. The molecule has 0 unspecified atom stereocenters. The number of anilines is 2. The van der Waals surface area contributed by atoms with Crippen LogP contribution in [0.4, 0.5) is 11.4 Å². The number of nitrogens with zero attached hydrogens (tertiary/aromatic N) is 2. The number of nitrogens with one attached hydrogen (secondary N) is 1. The molecule has 1 amide bonds. The number of hydrogen-bond acceptors (Lipinski definition) is 4. The van der Waals surface area contributed by atoms with Gasteiger partial charge in [-0.1, -0.05) is 11.6 Å². The summed E-state index contributed by atoms with van der Waals surface area (Å²) in [5.74, 6) is 0.153. The summed E-state index contributed by atoms with van der Waals surface area (Å²) in [4.78, 5) is 12.7. The molecule has 3 N–H and O–H groups in total. The van der Waals surface area contributed by atoms with Gasteiger partial charge in [0.05, 0.1) is 23.3 Å². The third kappa shape index (κ3) is 3.90. The highest BCUT2D eigenvalue weighted by Crippen LogP contribution is 2.23. The van der Waals surface area contributed by atoms with Crippen LogP contribution < -0.4 is 11.1 Å². The van der Waals surface area contributed by atoms with E-state index in [9.17, 15) is 4.79 Å². The number of amides is 1. The number of thioether (sulfide) groups is 1. The highest BCUT2D eigenvalue weighted by molar-refractivity contribution is 8.00. The van der Waals surface area contributed by atoms with Crippen molar-refractivity contribution in [2.75, 3.05) is 16.8 Å². The van der Waals surface area contributed by atoms with Crippen molar-refractivity contribution in [1.29, 1.82) is 0 Å². The van der Waals surface area contributed by atoms with Gasteiger partial charge in [0.15, 0.2) is 0 Å². The summed E-state index contributed by atoms with van der Waals surface area (Å²) in [5.41, 5.74) is 6.78. The van der Waals surface area contributed by atoms with E-state index < -0.39 is 0 Å². The van der Waals surface area contributed by atoms with Gasteiger partial charge < -0.3 is 11.1 Å². The molecule has 0 bridgehead atoms. The molecule has 0 spiro atoms. The van der Waals surface area contributed by atoms with E-state index in [4.69, 9.17) is 17.3 Å². The Balaban J connectivity index is 1.92. The van der Waals surface area contributed by atoms with Crippen LogP contribution in [0.15, 0.2) is 35.5 Å². The van der Waals surface area contributed by atoms with Gasteiger partial charge in [0.1, 0.15) is 0 Å². The van der Waals surface area contributed by atoms with E-state index >= 15 is 0 Å². The predicted molar refractivity (Wildman–Crippen MR) is 78.4 cm³/mol. The first-order chi connectivity index (χ1) is 9.04. The van der Waals surface area contributed by atoms with Gasteiger partial charge >= 0.3 is 0 Å². The summed E-state index contributed by atoms with van der Waals surface area (Å²) in [5, 5.41) is 7.29. The molecule has 19 heavy (non-hydrogen) atoms. The summed E-state index contributed by atoms with van der Waals surface area (Å²) in [6, 6.07) is 4.96. The van der Waals surface area contributed by atoms with Crippen LogP contribution in [0.2, 0.25) is 5.02 Å². The van der Waals surface area contributed by atoms with Crippen LogP contribution >= 0.6 is 23.4 Å². The van der Waals surface area contributed by atoms with E-state index in [0.717, 1.165) is 4.90 Å². The summed E-state index contributed by atoms with van der Waals surface area (Å²) >= 11 is 7.26. The Morgan fingerprint density at radius 1 is 1.58 bits per heavy atom. The molecular formula is C12H13ClN4OS. The molecule has 1 aromatic carbocycles. The summed E-state index contributed by atoms with van der Waals surface area (Å²) in [6.07, 6.45) is 3.57. The second-order valence-corrected chi connectivity index (χ2v) is 5.40. The van der Waals surface area contributed by atoms with Crippen LogP contribution in [0.25, 0.3) is 0 Å². The van der Waals surface area contributed by atoms with Gasteiger partial charge in [0.25, 0.3) is 0 Å². The van der Waals surface area contributed by atoms with Crippen LogP contribution in [-0.4, -0.2) is 21.4 Å². The lowest BCUT2D eigenvalue weighted by atomic mass is 10.2. The lowest BCUT2D eigenvalue weighted by Crippen LogP contribution is -2.15. The molecule has 0 fully saturated rings. The van der Waals surface area contributed by atoms with Crippen LogP contribution in [0, 0.1) is 0 Å². The number of nitrogen functional groups attached to an aromatic ring is 1. The zero-order valence-corrected chi connectivity index (χ0v) is 11.8. The average Bonchev–Trinajstić information content (AvgIpc) is 2.77. The standard InChI is InChI=1S/C12H13ClN4OS/c1-17-6-9(5-15-17)19-7-12(18)16-11-4-8(13)2-3-10(11)14/h2-6H,7,14H2,1H3,(H,16,18). The number of aromatic nitrogens is 2. The van der Waals surface area contributed by atoms with Crippen molar-refractivity contribution in [3.05, 3.63) is 35.6 Å². The van der Waals surface area contributed by atoms with Gasteiger partial charge in [-0.15, -0.1) is 11.8 Å². The Labute approximate surface area is 120 Å². The lowest BCUT2D eigenvalue weighted by Gasteiger charge is -2.07. The molecule has 0 aliphatic rings. The molecule has 0 saturated carbocycles. The maximum absolute atomic E-state index is 11.8. The second-order valence-electron chi connectivity index (χ2n) is 3.92. The second kappa shape index (κ2) is 5.99. The van der Waals surface area contributed by atoms with Crippen molar-refractivity contribution in [2.45, 2.75) is 4.90 Å². The molecule has 0 atom stereocenters. The number of hydrogen-bond donors (Lipinski definition) is 2. The van der Waals surface area contributed by atoms with Crippen molar-refractivity contribution in [3.8, 4) is 0 Å². The summed E-state index contributed by atoms with van der Waals surface area (Å²) in [7, 11) is 1.83. The molecule has 0 aliphatic heterocycles. The normalized spacial score (nSPS) is 10.4. The Hall–Kier alpha value is -1.66. The van der Waals surface area contributed by atoms with Gasteiger partial charge in [-0.2, -0.15) is 5.10 Å². The Morgan fingerprint density at radius 2 is 2.37 bits per heavy atom. The molecule has 2 rings (SSSR count). The van der Waals surface area contributed by atoms with E-state index in [2.05, 4.69) is 10.4 Å². The SMILES string of the molecule is Cn1cc(SCC(=O)Nc2cc(Cl)ccc2N)cn1. The molecular weight excluding hydrogens is 284 g/mol. The van der Waals surface area contributed by atoms with Gasteiger partial charge in [0, 0.05) is 23.2 Å². The zero-order valence-electron chi connectivity index (χ0n) is 10.3. The number of carbonyl (C=O) groups is 1. The number of halogens is 1. The molecule has 0 saturated heterocycles. The zero-order chi connectivity index (χ0) is 13.8. The smallest absolute Gasteiger partial charge is 0.234 e. The first kappa shape index (κ1) is 13.8. The fourth-order valence-electron chi connectivity index (χ4n) is 1.45. The van der Waals surface area contributed by atoms with E-state index in [0.29, 0.717) is 16.4 Å². The monoisotopic (exact) mass is 296 g/mol. The number of aryl methyl sites for hydroxylation is 1. The molecule has 100 valence electrons. The minimum Gasteiger partial charge on any atom is -0.397 e. The predicted octanol–water partition coefficient (Wildman–Crippen LogP) is 2.39. The van der Waals surface area contributed by atoms with Gasteiger partial charge in [-0.25, -0.2) is 0 Å². The first-order valence-electron chi connectivity index (χ1n) is 5.51. The van der Waals surface area contributed by atoms with Crippen LogP contribution in [0.3, 0.4) is 0 Å². The number of nitrogens with two attached hydrogens (primary N) is 1. The number of rotatable bonds is 4. The average molecular weight is 297 g/mol. The van der Waals surface area contributed by atoms with Gasteiger partial charge in [-0.05, 0) is 18.2 Å². The highest BCUT2D eigenvalue weighted by Gasteiger charge is 2.07. The molecule has 2 aromatic rings. The first-order valence-corrected chi connectivity index (χ1v) is 6.87. The third-order valence-electron chi connectivity index (χ3n) is 2.34. The molecule has 1 heterocycles. The van der Waals surface area contributed by atoms with Crippen LogP contribution in [0.5, 0.6) is 0 Å². The van der Waals surface area contributed by atoms with Gasteiger partial charge in [0.2, 0.25) is 5.91 Å². The number of benzene rings is 1. The van der Waals surface area contributed by atoms with Crippen molar-refractivity contribution >= 4 is 40.6 Å². The fourth-order valence-corrected chi connectivity index (χ4v) is 2.34. The van der Waals surface area contributed by atoms with Gasteiger partial charge in [-0.3, -0.25) is 9.48 Å². The minimum atomic E-state index is -0.136. The largest absolute Gasteiger partial charge is 0.397 e. The van der Waals surface area contributed by atoms with Crippen molar-refractivity contribution < 1.29 is 4.79 Å². The fraction of sp³-hybridized carbons (Fsp3) is 0.167.